The van der Waals surface area contributed by atoms with Crippen LogP contribution in [-0.4, -0.2) is 31.5 Å². The van der Waals surface area contributed by atoms with Crippen LogP contribution in [0.1, 0.15) is 29.1 Å². The van der Waals surface area contributed by atoms with E-state index in [0.29, 0.717) is 11.4 Å². The minimum atomic E-state index is -0.326. The summed E-state index contributed by atoms with van der Waals surface area (Å²) < 4.78 is 0. The fourth-order valence-corrected chi connectivity index (χ4v) is 1.99. The number of H-pyrrole nitrogens is 1. The molecular weight excluding hydrogens is 256 g/mol. The summed E-state index contributed by atoms with van der Waals surface area (Å²) in [5.41, 5.74) is 1.36. The Morgan fingerprint density at radius 1 is 1.30 bits per heavy atom. The van der Waals surface area contributed by atoms with Gasteiger partial charge in [-0.1, -0.05) is 23.4 Å². The molecule has 1 unspecified atom stereocenters. The van der Waals surface area contributed by atoms with Gasteiger partial charge in [0.1, 0.15) is 0 Å². The third-order valence-corrected chi connectivity index (χ3v) is 2.99. The Hall–Kier alpha value is -2.83. The van der Waals surface area contributed by atoms with E-state index in [9.17, 15) is 4.79 Å². The first-order chi connectivity index (χ1) is 9.75. The zero-order valence-corrected chi connectivity index (χ0v) is 10.7. The van der Waals surface area contributed by atoms with Crippen LogP contribution in [0.5, 0.6) is 0 Å². The number of hydrogen-bond donors (Lipinski definition) is 2. The lowest BCUT2D eigenvalue weighted by Crippen LogP contribution is -2.27. The molecule has 1 amide bonds. The van der Waals surface area contributed by atoms with Gasteiger partial charge >= 0.3 is 0 Å². The number of pyridine rings is 1. The summed E-state index contributed by atoms with van der Waals surface area (Å²) in [5, 5.41) is 17.2. The monoisotopic (exact) mass is 268 g/mol. The average Bonchev–Trinajstić information content (AvgIpc) is 3.01. The molecule has 3 aromatic rings. The lowest BCUT2D eigenvalue weighted by molar-refractivity contribution is 0.0940. The van der Waals surface area contributed by atoms with Crippen LogP contribution in [0.15, 0.2) is 36.5 Å². The Morgan fingerprint density at radius 2 is 2.15 bits per heavy atom. The molecule has 3 rings (SSSR count). The number of tetrazole rings is 1. The Bertz CT molecular complexity index is 734. The van der Waals surface area contributed by atoms with Gasteiger partial charge < -0.3 is 5.32 Å². The van der Waals surface area contributed by atoms with Crippen molar-refractivity contribution in [2.24, 2.45) is 0 Å². The van der Waals surface area contributed by atoms with E-state index in [2.05, 4.69) is 30.9 Å². The Morgan fingerprint density at radius 3 is 2.95 bits per heavy atom. The first-order valence-corrected chi connectivity index (χ1v) is 6.13. The second-order valence-corrected chi connectivity index (χ2v) is 4.34. The van der Waals surface area contributed by atoms with Gasteiger partial charge in [-0.3, -0.25) is 9.78 Å². The van der Waals surface area contributed by atoms with Crippen LogP contribution in [0.2, 0.25) is 0 Å². The Labute approximate surface area is 114 Å². The predicted octanol–water partition coefficient (Wildman–Crippen LogP) is 1.24. The highest BCUT2D eigenvalue weighted by atomic mass is 16.1. The SMILES string of the molecule is CC(NC(=O)c1ccnc2ccccc12)c1nn[nH]n1. The van der Waals surface area contributed by atoms with Gasteiger partial charge in [-0.05, 0) is 19.1 Å². The van der Waals surface area contributed by atoms with Gasteiger partial charge in [-0.25, -0.2) is 0 Å². The number of para-hydroxylation sites is 1. The van der Waals surface area contributed by atoms with E-state index >= 15 is 0 Å². The summed E-state index contributed by atoms with van der Waals surface area (Å²) in [4.78, 5) is 16.6. The highest BCUT2D eigenvalue weighted by Crippen LogP contribution is 2.17. The Kier molecular flexibility index (Phi) is 3.08. The average molecular weight is 268 g/mol. The quantitative estimate of drug-likeness (QED) is 0.745. The number of amides is 1. The molecule has 20 heavy (non-hydrogen) atoms. The number of nitrogens with zero attached hydrogens (tertiary/aromatic N) is 4. The number of benzene rings is 1. The molecule has 0 spiro atoms. The number of carbonyl (C=O) groups is 1. The molecule has 100 valence electrons. The van der Waals surface area contributed by atoms with Crippen LogP contribution < -0.4 is 5.32 Å². The third-order valence-electron chi connectivity index (χ3n) is 2.99. The highest BCUT2D eigenvalue weighted by molar-refractivity contribution is 6.06. The molecule has 0 fully saturated rings. The maximum absolute atomic E-state index is 12.3. The van der Waals surface area contributed by atoms with Crippen molar-refractivity contribution >= 4 is 16.8 Å². The molecule has 7 nitrogen and oxygen atoms in total. The number of aromatic nitrogens is 5. The zero-order valence-electron chi connectivity index (χ0n) is 10.7. The van der Waals surface area contributed by atoms with E-state index in [0.717, 1.165) is 10.9 Å². The molecular formula is C13H12N6O. The van der Waals surface area contributed by atoms with E-state index in [4.69, 9.17) is 0 Å². The van der Waals surface area contributed by atoms with Gasteiger partial charge in [0.2, 0.25) is 0 Å². The van der Waals surface area contributed by atoms with Crippen molar-refractivity contribution in [2.45, 2.75) is 13.0 Å². The second kappa shape index (κ2) is 5.04. The molecule has 0 radical (unpaired) electrons. The third kappa shape index (κ3) is 2.20. The Balaban J connectivity index is 1.89. The van der Waals surface area contributed by atoms with Crippen molar-refractivity contribution in [3.63, 3.8) is 0 Å². The first kappa shape index (κ1) is 12.2. The zero-order chi connectivity index (χ0) is 13.9. The maximum atomic E-state index is 12.3. The number of hydrogen-bond acceptors (Lipinski definition) is 5. The summed E-state index contributed by atoms with van der Waals surface area (Å²) in [7, 11) is 0. The molecule has 1 aromatic carbocycles. The summed E-state index contributed by atoms with van der Waals surface area (Å²) >= 11 is 0. The van der Waals surface area contributed by atoms with Crippen molar-refractivity contribution in [2.75, 3.05) is 0 Å². The fraction of sp³-hybridized carbons (Fsp3) is 0.154. The molecule has 2 heterocycles. The molecule has 0 aliphatic heterocycles. The molecule has 0 aliphatic carbocycles. The van der Waals surface area contributed by atoms with Gasteiger partial charge in [0.15, 0.2) is 5.82 Å². The van der Waals surface area contributed by atoms with Crippen LogP contribution in [0.3, 0.4) is 0 Å². The van der Waals surface area contributed by atoms with Gasteiger partial charge in [-0.15, -0.1) is 10.2 Å². The number of aromatic amines is 1. The lowest BCUT2D eigenvalue weighted by Gasteiger charge is -2.11. The van der Waals surface area contributed by atoms with E-state index in [1.165, 1.54) is 0 Å². The first-order valence-electron chi connectivity index (χ1n) is 6.13. The van der Waals surface area contributed by atoms with Crippen molar-refractivity contribution in [3.8, 4) is 0 Å². The molecule has 2 aromatic heterocycles. The summed E-state index contributed by atoms with van der Waals surface area (Å²) in [6, 6.07) is 8.88. The largest absolute Gasteiger partial charge is 0.342 e. The van der Waals surface area contributed by atoms with E-state index in [1.807, 2.05) is 24.3 Å². The minimum Gasteiger partial charge on any atom is -0.342 e. The van der Waals surface area contributed by atoms with E-state index < -0.39 is 0 Å². The molecule has 1 atom stereocenters. The number of rotatable bonds is 3. The molecule has 0 saturated carbocycles. The van der Waals surface area contributed by atoms with Gasteiger partial charge in [0.25, 0.3) is 5.91 Å². The van der Waals surface area contributed by atoms with Gasteiger partial charge in [0, 0.05) is 11.6 Å². The minimum absolute atomic E-state index is 0.194. The molecule has 2 N–H and O–H groups in total. The standard InChI is InChI=1S/C13H12N6O/c1-8(12-16-18-19-17-12)15-13(20)10-6-7-14-11-5-3-2-4-9(10)11/h2-8H,1H3,(H,15,20)(H,16,17,18,19). The summed E-state index contributed by atoms with van der Waals surface area (Å²) in [5.74, 6) is 0.248. The van der Waals surface area contributed by atoms with Crippen molar-refractivity contribution in [1.82, 2.24) is 30.9 Å². The fourth-order valence-electron chi connectivity index (χ4n) is 1.99. The van der Waals surface area contributed by atoms with Gasteiger partial charge in [-0.2, -0.15) is 5.21 Å². The normalized spacial score (nSPS) is 12.2. The summed E-state index contributed by atoms with van der Waals surface area (Å²) in [6.45, 7) is 1.80. The molecule has 7 heteroatoms. The van der Waals surface area contributed by atoms with Crippen LogP contribution in [0.4, 0.5) is 0 Å². The molecule has 0 aliphatic rings. The predicted molar refractivity (Wildman–Crippen MR) is 71.8 cm³/mol. The van der Waals surface area contributed by atoms with Crippen LogP contribution in [0, 0.1) is 0 Å². The lowest BCUT2D eigenvalue weighted by atomic mass is 10.1. The van der Waals surface area contributed by atoms with Gasteiger partial charge in [0.05, 0.1) is 17.1 Å². The second-order valence-electron chi connectivity index (χ2n) is 4.34. The number of nitrogens with one attached hydrogen (secondary N) is 2. The topological polar surface area (TPSA) is 96.5 Å². The molecule has 0 saturated heterocycles. The van der Waals surface area contributed by atoms with Crippen molar-refractivity contribution < 1.29 is 4.79 Å². The van der Waals surface area contributed by atoms with Crippen LogP contribution in [-0.2, 0) is 0 Å². The van der Waals surface area contributed by atoms with E-state index in [-0.39, 0.29) is 11.9 Å². The van der Waals surface area contributed by atoms with Crippen LogP contribution in [0.25, 0.3) is 10.9 Å². The summed E-state index contributed by atoms with van der Waals surface area (Å²) in [6.07, 6.45) is 1.62. The van der Waals surface area contributed by atoms with Crippen molar-refractivity contribution in [3.05, 3.63) is 47.9 Å². The van der Waals surface area contributed by atoms with Crippen molar-refractivity contribution in [1.29, 1.82) is 0 Å². The smallest absolute Gasteiger partial charge is 0.252 e. The maximum Gasteiger partial charge on any atom is 0.252 e. The molecule has 0 bridgehead atoms. The number of carbonyl (C=O) groups excluding carboxylic acids is 1. The highest BCUT2D eigenvalue weighted by Gasteiger charge is 2.16. The number of fused-ring (bicyclic) bond motifs is 1. The van der Waals surface area contributed by atoms with Crippen LogP contribution >= 0.6 is 0 Å². The van der Waals surface area contributed by atoms with E-state index in [1.54, 1.807) is 19.2 Å².